The SMILES string of the molecule is CCC1CCNC(C(=O)OCCCc2ccccc2)C1. The first-order chi connectivity index (χ1) is 9.79. The molecule has 0 bridgehead atoms. The second kappa shape index (κ2) is 8.05. The van der Waals surface area contributed by atoms with Gasteiger partial charge in [-0.2, -0.15) is 0 Å². The molecule has 1 aromatic carbocycles. The third-order valence-corrected chi connectivity index (χ3v) is 4.07. The fraction of sp³-hybridized carbons (Fsp3) is 0.588. The van der Waals surface area contributed by atoms with Crippen molar-refractivity contribution >= 4 is 5.97 Å². The predicted molar refractivity (Wildman–Crippen MR) is 80.5 cm³/mol. The van der Waals surface area contributed by atoms with Gasteiger partial charge >= 0.3 is 5.97 Å². The van der Waals surface area contributed by atoms with E-state index in [1.54, 1.807) is 0 Å². The molecule has 1 N–H and O–H groups in total. The molecule has 1 saturated heterocycles. The van der Waals surface area contributed by atoms with Gasteiger partial charge in [-0.3, -0.25) is 4.79 Å². The number of esters is 1. The number of carbonyl (C=O) groups is 1. The van der Waals surface area contributed by atoms with Crippen LogP contribution in [-0.2, 0) is 16.0 Å². The first-order valence-electron chi connectivity index (χ1n) is 7.73. The van der Waals surface area contributed by atoms with Gasteiger partial charge in [0.1, 0.15) is 6.04 Å². The van der Waals surface area contributed by atoms with Gasteiger partial charge in [-0.15, -0.1) is 0 Å². The van der Waals surface area contributed by atoms with Crippen molar-refractivity contribution in [3.63, 3.8) is 0 Å². The molecule has 0 saturated carbocycles. The lowest BCUT2D eigenvalue weighted by molar-refractivity contribution is -0.147. The number of ether oxygens (including phenoxy) is 1. The molecular formula is C17H25NO2. The normalized spacial score (nSPS) is 22.4. The summed E-state index contributed by atoms with van der Waals surface area (Å²) in [5.41, 5.74) is 1.30. The predicted octanol–water partition coefficient (Wildman–Crippen LogP) is 2.94. The van der Waals surface area contributed by atoms with Crippen LogP contribution in [0.5, 0.6) is 0 Å². The van der Waals surface area contributed by atoms with Crippen LogP contribution in [0, 0.1) is 5.92 Å². The molecule has 1 heterocycles. The standard InChI is InChI=1S/C17H25NO2/c1-2-14-10-11-18-16(13-14)17(19)20-12-6-9-15-7-4-3-5-8-15/h3-5,7-8,14,16,18H,2,6,9-13H2,1H3. The van der Waals surface area contributed by atoms with Gasteiger partial charge in [0.05, 0.1) is 6.61 Å². The van der Waals surface area contributed by atoms with Gasteiger partial charge in [-0.05, 0) is 43.7 Å². The molecule has 20 heavy (non-hydrogen) atoms. The summed E-state index contributed by atoms with van der Waals surface area (Å²) in [4.78, 5) is 12.0. The van der Waals surface area contributed by atoms with Crippen LogP contribution in [-0.4, -0.2) is 25.2 Å². The summed E-state index contributed by atoms with van der Waals surface area (Å²) in [5.74, 6) is 0.592. The van der Waals surface area contributed by atoms with Gasteiger partial charge in [-0.1, -0.05) is 43.7 Å². The molecule has 2 rings (SSSR count). The minimum absolute atomic E-state index is 0.0730. The first-order valence-corrected chi connectivity index (χ1v) is 7.73. The zero-order chi connectivity index (χ0) is 14.2. The van der Waals surface area contributed by atoms with Crippen LogP contribution in [0.4, 0.5) is 0 Å². The average molecular weight is 275 g/mol. The highest BCUT2D eigenvalue weighted by Gasteiger charge is 2.26. The van der Waals surface area contributed by atoms with E-state index in [-0.39, 0.29) is 12.0 Å². The Balaban J connectivity index is 1.65. The van der Waals surface area contributed by atoms with Crippen LogP contribution < -0.4 is 5.32 Å². The number of hydrogen-bond acceptors (Lipinski definition) is 3. The molecular weight excluding hydrogens is 250 g/mol. The summed E-state index contributed by atoms with van der Waals surface area (Å²) in [5, 5.41) is 3.27. The molecule has 0 aromatic heterocycles. The lowest BCUT2D eigenvalue weighted by Gasteiger charge is -2.28. The third-order valence-electron chi connectivity index (χ3n) is 4.07. The minimum atomic E-state index is -0.0922. The van der Waals surface area contributed by atoms with Crippen molar-refractivity contribution in [3.8, 4) is 0 Å². The third kappa shape index (κ3) is 4.64. The summed E-state index contributed by atoms with van der Waals surface area (Å²) in [6.45, 7) is 3.64. The van der Waals surface area contributed by atoms with Crippen molar-refractivity contribution < 1.29 is 9.53 Å². The highest BCUT2D eigenvalue weighted by Crippen LogP contribution is 2.19. The number of hydrogen-bond donors (Lipinski definition) is 1. The molecule has 2 atom stereocenters. The summed E-state index contributed by atoms with van der Waals surface area (Å²) in [6.07, 6.45) is 5.10. The molecule has 1 fully saturated rings. The van der Waals surface area contributed by atoms with Gasteiger partial charge in [0, 0.05) is 0 Å². The number of nitrogens with one attached hydrogen (secondary N) is 1. The van der Waals surface area contributed by atoms with Gasteiger partial charge in [0.2, 0.25) is 0 Å². The molecule has 3 heteroatoms. The zero-order valence-electron chi connectivity index (χ0n) is 12.3. The Morgan fingerprint density at radius 1 is 1.35 bits per heavy atom. The molecule has 110 valence electrons. The maximum Gasteiger partial charge on any atom is 0.323 e. The van der Waals surface area contributed by atoms with Gasteiger partial charge < -0.3 is 10.1 Å². The molecule has 0 radical (unpaired) electrons. The fourth-order valence-electron chi connectivity index (χ4n) is 2.74. The summed E-state index contributed by atoms with van der Waals surface area (Å²) in [7, 11) is 0. The maximum atomic E-state index is 12.0. The lowest BCUT2D eigenvalue weighted by Crippen LogP contribution is -2.44. The van der Waals surface area contributed by atoms with E-state index in [4.69, 9.17) is 4.74 Å². The second-order valence-corrected chi connectivity index (χ2v) is 5.56. The van der Waals surface area contributed by atoms with Crippen molar-refractivity contribution in [3.05, 3.63) is 35.9 Å². The molecule has 3 nitrogen and oxygen atoms in total. The number of carbonyl (C=O) groups excluding carboxylic acids is 1. The number of piperidine rings is 1. The summed E-state index contributed by atoms with van der Waals surface area (Å²) < 4.78 is 5.39. The topological polar surface area (TPSA) is 38.3 Å². The Morgan fingerprint density at radius 2 is 2.15 bits per heavy atom. The van der Waals surface area contributed by atoms with Crippen molar-refractivity contribution in [1.29, 1.82) is 0 Å². The quantitative estimate of drug-likeness (QED) is 0.641. The highest BCUT2D eigenvalue weighted by atomic mass is 16.5. The van der Waals surface area contributed by atoms with Crippen LogP contribution >= 0.6 is 0 Å². The smallest absolute Gasteiger partial charge is 0.323 e. The van der Waals surface area contributed by atoms with E-state index in [2.05, 4.69) is 24.4 Å². The number of benzene rings is 1. The van der Waals surface area contributed by atoms with E-state index in [0.717, 1.165) is 32.2 Å². The summed E-state index contributed by atoms with van der Waals surface area (Å²) >= 11 is 0. The Morgan fingerprint density at radius 3 is 2.90 bits per heavy atom. The van der Waals surface area contributed by atoms with Crippen molar-refractivity contribution in [1.82, 2.24) is 5.32 Å². The van der Waals surface area contributed by atoms with Crippen LogP contribution in [0.15, 0.2) is 30.3 Å². The van der Waals surface area contributed by atoms with E-state index in [9.17, 15) is 4.79 Å². The monoisotopic (exact) mass is 275 g/mol. The van der Waals surface area contributed by atoms with Crippen molar-refractivity contribution in [2.45, 2.75) is 45.1 Å². The number of rotatable bonds is 6. The second-order valence-electron chi connectivity index (χ2n) is 5.56. The molecule has 1 aromatic rings. The van der Waals surface area contributed by atoms with E-state index in [1.165, 1.54) is 12.0 Å². The Hall–Kier alpha value is -1.35. The van der Waals surface area contributed by atoms with Gasteiger partial charge in [0.15, 0.2) is 0 Å². The minimum Gasteiger partial charge on any atom is -0.465 e. The van der Waals surface area contributed by atoms with Gasteiger partial charge in [-0.25, -0.2) is 0 Å². The maximum absolute atomic E-state index is 12.0. The first kappa shape index (κ1) is 15.0. The van der Waals surface area contributed by atoms with Gasteiger partial charge in [0.25, 0.3) is 0 Å². The number of aryl methyl sites for hydroxylation is 1. The van der Waals surface area contributed by atoms with Crippen LogP contribution in [0.25, 0.3) is 0 Å². The molecule has 2 unspecified atom stereocenters. The fourth-order valence-corrected chi connectivity index (χ4v) is 2.74. The van der Waals surface area contributed by atoms with Crippen molar-refractivity contribution in [2.24, 2.45) is 5.92 Å². The Labute approximate surface area is 121 Å². The van der Waals surface area contributed by atoms with E-state index >= 15 is 0 Å². The molecule has 1 aliphatic heterocycles. The molecule has 0 amide bonds. The highest BCUT2D eigenvalue weighted by molar-refractivity contribution is 5.75. The van der Waals surface area contributed by atoms with Crippen LogP contribution in [0.2, 0.25) is 0 Å². The zero-order valence-corrected chi connectivity index (χ0v) is 12.3. The summed E-state index contributed by atoms with van der Waals surface area (Å²) in [6, 6.07) is 10.2. The Bertz CT molecular complexity index is 405. The van der Waals surface area contributed by atoms with E-state index in [0.29, 0.717) is 12.5 Å². The van der Waals surface area contributed by atoms with E-state index in [1.807, 2.05) is 18.2 Å². The molecule has 0 spiro atoms. The van der Waals surface area contributed by atoms with Crippen LogP contribution in [0.1, 0.15) is 38.2 Å². The van der Waals surface area contributed by atoms with E-state index < -0.39 is 0 Å². The van der Waals surface area contributed by atoms with Crippen LogP contribution in [0.3, 0.4) is 0 Å². The molecule has 0 aliphatic carbocycles. The molecule has 1 aliphatic rings. The average Bonchev–Trinajstić information content (AvgIpc) is 2.52. The Kier molecular flexibility index (Phi) is 6.06. The van der Waals surface area contributed by atoms with Crippen molar-refractivity contribution in [2.75, 3.05) is 13.2 Å². The largest absolute Gasteiger partial charge is 0.465 e. The lowest BCUT2D eigenvalue weighted by atomic mass is 9.90.